The molecule has 1 aromatic carbocycles. The Hall–Kier alpha value is -0.480. The van der Waals surface area contributed by atoms with Crippen LogP contribution < -0.4 is 10.1 Å². The smallest absolute Gasteiger partial charge is 0.138 e. The molecule has 20 heavy (non-hydrogen) atoms. The Morgan fingerprint density at radius 1 is 1.35 bits per heavy atom. The third-order valence-electron chi connectivity index (χ3n) is 3.37. The molecular weight excluding hydrogens is 297 g/mol. The van der Waals surface area contributed by atoms with E-state index in [1.807, 2.05) is 0 Å². The van der Waals surface area contributed by atoms with Gasteiger partial charge < -0.3 is 15.2 Å². The molecule has 1 aromatic rings. The minimum Gasteiger partial charge on any atom is -0.489 e. The highest BCUT2D eigenvalue weighted by molar-refractivity contribution is 6.35. The molecule has 0 saturated heterocycles. The number of hydrogen-bond acceptors (Lipinski definition) is 3. The van der Waals surface area contributed by atoms with Gasteiger partial charge in [0, 0.05) is 11.6 Å². The third-order valence-corrected chi connectivity index (χ3v) is 3.90. The molecule has 0 radical (unpaired) electrons. The largest absolute Gasteiger partial charge is 0.489 e. The number of aliphatic hydroxyl groups excluding tert-OH is 1. The van der Waals surface area contributed by atoms with E-state index in [9.17, 15) is 5.11 Å². The first-order valence-corrected chi connectivity index (χ1v) is 7.87. The molecule has 0 aromatic heterocycles. The summed E-state index contributed by atoms with van der Waals surface area (Å²) in [5.74, 6) is 1.51. The van der Waals surface area contributed by atoms with Gasteiger partial charge in [-0.3, -0.25) is 0 Å². The molecule has 1 aliphatic carbocycles. The van der Waals surface area contributed by atoms with E-state index in [1.54, 1.807) is 18.2 Å². The van der Waals surface area contributed by atoms with Crippen LogP contribution in [0.15, 0.2) is 18.2 Å². The molecule has 1 saturated carbocycles. The van der Waals surface area contributed by atoms with Gasteiger partial charge in [-0.15, -0.1) is 0 Å². The summed E-state index contributed by atoms with van der Waals surface area (Å²) < 4.78 is 5.48. The van der Waals surface area contributed by atoms with Crippen molar-refractivity contribution in [3.8, 4) is 5.75 Å². The van der Waals surface area contributed by atoms with E-state index in [4.69, 9.17) is 27.9 Å². The van der Waals surface area contributed by atoms with Crippen LogP contribution >= 0.6 is 23.2 Å². The lowest BCUT2D eigenvalue weighted by Gasteiger charge is -2.14. The number of halogens is 2. The normalized spacial score (nSPS) is 16.1. The molecule has 1 aliphatic rings. The van der Waals surface area contributed by atoms with Crippen molar-refractivity contribution in [3.05, 3.63) is 28.2 Å². The van der Waals surface area contributed by atoms with Gasteiger partial charge in [-0.1, -0.05) is 36.0 Å². The number of rotatable bonds is 9. The van der Waals surface area contributed by atoms with Crippen LogP contribution in [0.25, 0.3) is 0 Å². The number of aliphatic hydroxyl groups is 1. The van der Waals surface area contributed by atoms with Gasteiger partial charge in [-0.05, 0) is 43.5 Å². The van der Waals surface area contributed by atoms with Gasteiger partial charge in [0.25, 0.3) is 0 Å². The summed E-state index contributed by atoms with van der Waals surface area (Å²) in [6, 6.07) is 5.05. The number of nitrogens with one attached hydrogen (secondary N) is 1. The second-order valence-corrected chi connectivity index (χ2v) is 6.17. The highest BCUT2D eigenvalue weighted by atomic mass is 35.5. The zero-order valence-electron chi connectivity index (χ0n) is 11.4. The fourth-order valence-electron chi connectivity index (χ4n) is 2.03. The van der Waals surface area contributed by atoms with E-state index in [1.165, 1.54) is 25.7 Å². The first-order valence-electron chi connectivity index (χ1n) is 7.12. The van der Waals surface area contributed by atoms with E-state index in [-0.39, 0.29) is 6.61 Å². The number of hydrogen-bond donors (Lipinski definition) is 2. The van der Waals surface area contributed by atoms with Crippen molar-refractivity contribution in [2.45, 2.75) is 31.8 Å². The van der Waals surface area contributed by atoms with Crippen LogP contribution in [0.3, 0.4) is 0 Å². The molecule has 0 heterocycles. The van der Waals surface area contributed by atoms with Crippen molar-refractivity contribution >= 4 is 23.2 Å². The Morgan fingerprint density at radius 2 is 2.15 bits per heavy atom. The standard InChI is InChI=1S/C15H21Cl2NO2/c16-12-5-6-15(14(17)8-12)20-10-13(19)9-18-7-1-2-11-3-4-11/h5-6,8,11,13,18-19H,1-4,7,9-10H2. The summed E-state index contributed by atoms with van der Waals surface area (Å²) in [5, 5.41) is 14.1. The van der Waals surface area contributed by atoms with E-state index in [0.29, 0.717) is 22.3 Å². The maximum Gasteiger partial charge on any atom is 0.138 e. The summed E-state index contributed by atoms with van der Waals surface area (Å²) in [4.78, 5) is 0. The van der Waals surface area contributed by atoms with Crippen molar-refractivity contribution in [1.29, 1.82) is 0 Å². The molecule has 0 aliphatic heterocycles. The minimum atomic E-state index is -0.539. The Morgan fingerprint density at radius 3 is 2.85 bits per heavy atom. The molecule has 0 amide bonds. The molecule has 3 nitrogen and oxygen atoms in total. The number of benzene rings is 1. The lowest BCUT2D eigenvalue weighted by atomic mass is 10.2. The average Bonchev–Trinajstić information content (AvgIpc) is 3.21. The van der Waals surface area contributed by atoms with Gasteiger partial charge >= 0.3 is 0 Å². The van der Waals surface area contributed by atoms with Crippen LogP contribution in [0.4, 0.5) is 0 Å². The van der Waals surface area contributed by atoms with E-state index in [0.717, 1.165) is 12.5 Å². The molecule has 0 bridgehead atoms. The van der Waals surface area contributed by atoms with Crippen LogP contribution in [-0.4, -0.2) is 30.9 Å². The van der Waals surface area contributed by atoms with Crippen LogP contribution in [0.5, 0.6) is 5.75 Å². The van der Waals surface area contributed by atoms with E-state index < -0.39 is 6.10 Å². The average molecular weight is 318 g/mol. The second kappa shape index (κ2) is 8.08. The van der Waals surface area contributed by atoms with Crippen molar-refractivity contribution in [3.63, 3.8) is 0 Å². The third kappa shape index (κ3) is 5.88. The van der Waals surface area contributed by atoms with Crippen molar-refractivity contribution in [2.75, 3.05) is 19.7 Å². The number of ether oxygens (including phenoxy) is 1. The van der Waals surface area contributed by atoms with E-state index >= 15 is 0 Å². The van der Waals surface area contributed by atoms with Crippen molar-refractivity contribution < 1.29 is 9.84 Å². The molecule has 5 heteroatoms. The van der Waals surface area contributed by atoms with Crippen LogP contribution in [0, 0.1) is 5.92 Å². The molecule has 1 atom stereocenters. The molecule has 0 spiro atoms. The van der Waals surface area contributed by atoms with Crippen LogP contribution in [0.1, 0.15) is 25.7 Å². The summed E-state index contributed by atoms with van der Waals surface area (Å²) in [7, 11) is 0. The summed E-state index contributed by atoms with van der Waals surface area (Å²) in [5.41, 5.74) is 0. The summed E-state index contributed by atoms with van der Waals surface area (Å²) in [6.07, 6.45) is 4.75. The van der Waals surface area contributed by atoms with Gasteiger partial charge in [-0.25, -0.2) is 0 Å². The summed E-state index contributed by atoms with van der Waals surface area (Å²) in [6.45, 7) is 1.71. The van der Waals surface area contributed by atoms with Crippen molar-refractivity contribution in [1.82, 2.24) is 5.32 Å². The minimum absolute atomic E-state index is 0.219. The second-order valence-electron chi connectivity index (χ2n) is 5.33. The monoisotopic (exact) mass is 317 g/mol. The zero-order chi connectivity index (χ0) is 14.4. The Balaban J connectivity index is 1.57. The highest BCUT2D eigenvalue weighted by Gasteiger charge is 2.19. The molecule has 112 valence electrons. The lowest BCUT2D eigenvalue weighted by molar-refractivity contribution is 0.106. The Bertz CT molecular complexity index is 424. The first kappa shape index (κ1) is 15.9. The molecule has 2 rings (SSSR count). The van der Waals surface area contributed by atoms with E-state index in [2.05, 4.69) is 5.32 Å². The highest BCUT2D eigenvalue weighted by Crippen LogP contribution is 2.33. The van der Waals surface area contributed by atoms with Gasteiger partial charge in [0.05, 0.1) is 5.02 Å². The molecule has 1 fully saturated rings. The predicted octanol–water partition coefficient (Wildman–Crippen LogP) is 3.51. The summed E-state index contributed by atoms with van der Waals surface area (Å²) >= 11 is 11.8. The van der Waals surface area contributed by atoms with Gasteiger partial charge in [0.1, 0.15) is 18.5 Å². The maximum absolute atomic E-state index is 9.82. The Kier molecular flexibility index (Phi) is 6.43. The fourth-order valence-corrected chi connectivity index (χ4v) is 2.49. The van der Waals surface area contributed by atoms with Gasteiger partial charge in [0.15, 0.2) is 0 Å². The molecular formula is C15H21Cl2NO2. The van der Waals surface area contributed by atoms with Crippen molar-refractivity contribution in [2.24, 2.45) is 5.92 Å². The topological polar surface area (TPSA) is 41.5 Å². The van der Waals surface area contributed by atoms with Gasteiger partial charge in [-0.2, -0.15) is 0 Å². The Labute approximate surface area is 130 Å². The fraction of sp³-hybridized carbons (Fsp3) is 0.600. The molecule has 2 N–H and O–H groups in total. The molecule has 1 unspecified atom stereocenters. The predicted molar refractivity (Wildman–Crippen MR) is 82.8 cm³/mol. The van der Waals surface area contributed by atoms with Crippen LogP contribution in [0.2, 0.25) is 10.0 Å². The van der Waals surface area contributed by atoms with Gasteiger partial charge in [0.2, 0.25) is 0 Å². The zero-order valence-corrected chi connectivity index (χ0v) is 13.0. The lowest BCUT2D eigenvalue weighted by Crippen LogP contribution is -2.32. The van der Waals surface area contributed by atoms with Crippen LogP contribution in [-0.2, 0) is 0 Å². The SMILES string of the molecule is OC(CNCCCC1CC1)COc1ccc(Cl)cc1Cl. The first-order chi connectivity index (χ1) is 9.65. The quantitative estimate of drug-likeness (QED) is 0.685. The maximum atomic E-state index is 9.82.